The quantitative estimate of drug-likeness (QED) is 0.481. The highest BCUT2D eigenvalue weighted by Gasteiger charge is 2.28. The Bertz CT molecular complexity index is 81.6. The van der Waals surface area contributed by atoms with Crippen molar-refractivity contribution < 1.29 is 0 Å². The standard InChI is InChI=1S/C7H14N2/c1-2-6-4-7(9-6)5-8-3-1/h6-9H,1-5H2. The minimum absolute atomic E-state index is 0.801. The number of hydrogen-bond acceptors (Lipinski definition) is 2. The maximum absolute atomic E-state index is 3.52. The smallest absolute Gasteiger partial charge is 0.0209 e. The normalized spacial score (nSPS) is 42.7. The van der Waals surface area contributed by atoms with Crippen LogP contribution in [0.5, 0.6) is 0 Å². The van der Waals surface area contributed by atoms with E-state index in [1.807, 2.05) is 0 Å². The maximum atomic E-state index is 3.52. The van der Waals surface area contributed by atoms with E-state index in [4.69, 9.17) is 0 Å². The molecule has 0 aromatic heterocycles. The van der Waals surface area contributed by atoms with Gasteiger partial charge in [-0.2, -0.15) is 0 Å². The Balaban J connectivity index is 1.85. The van der Waals surface area contributed by atoms with Crippen LogP contribution in [-0.2, 0) is 0 Å². The van der Waals surface area contributed by atoms with E-state index in [-0.39, 0.29) is 0 Å². The van der Waals surface area contributed by atoms with E-state index < -0.39 is 0 Å². The van der Waals surface area contributed by atoms with Crippen LogP contribution in [0.15, 0.2) is 0 Å². The largest absolute Gasteiger partial charge is 0.315 e. The predicted octanol–water partition coefficient (Wildman–Crippen LogP) is 0.100. The van der Waals surface area contributed by atoms with Gasteiger partial charge in [0.15, 0.2) is 0 Å². The Labute approximate surface area is 56.0 Å². The first-order valence-corrected chi connectivity index (χ1v) is 3.92. The van der Waals surface area contributed by atoms with Crippen LogP contribution in [0.1, 0.15) is 19.3 Å². The summed E-state index contributed by atoms with van der Waals surface area (Å²) in [5.41, 5.74) is 0. The van der Waals surface area contributed by atoms with Crippen molar-refractivity contribution in [3.63, 3.8) is 0 Å². The van der Waals surface area contributed by atoms with E-state index in [0.717, 1.165) is 12.1 Å². The van der Waals surface area contributed by atoms with Crippen molar-refractivity contribution in [3.8, 4) is 0 Å². The van der Waals surface area contributed by atoms with E-state index in [9.17, 15) is 0 Å². The van der Waals surface area contributed by atoms with Crippen molar-refractivity contribution >= 4 is 0 Å². The molecule has 2 unspecified atom stereocenters. The van der Waals surface area contributed by atoms with Crippen molar-refractivity contribution in [3.05, 3.63) is 0 Å². The van der Waals surface area contributed by atoms with Crippen molar-refractivity contribution in [2.75, 3.05) is 13.1 Å². The number of nitrogens with one attached hydrogen (secondary N) is 2. The van der Waals surface area contributed by atoms with E-state index in [1.165, 1.54) is 32.4 Å². The zero-order chi connectivity index (χ0) is 6.10. The predicted molar refractivity (Wildman–Crippen MR) is 37.4 cm³/mol. The molecule has 0 spiro atoms. The van der Waals surface area contributed by atoms with Crippen LogP contribution in [-0.4, -0.2) is 25.2 Å². The molecule has 52 valence electrons. The van der Waals surface area contributed by atoms with Crippen LogP contribution in [0.3, 0.4) is 0 Å². The van der Waals surface area contributed by atoms with Gasteiger partial charge in [-0.25, -0.2) is 0 Å². The summed E-state index contributed by atoms with van der Waals surface area (Å²) in [6.45, 7) is 2.42. The first kappa shape index (κ1) is 5.69. The Morgan fingerprint density at radius 3 is 3.00 bits per heavy atom. The molecule has 3 fully saturated rings. The summed E-state index contributed by atoms with van der Waals surface area (Å²) in [5.74, 6) is 0. The summed E-state index contributed by atoms with van der Waals surface area (Å²) in [6, 6.07) is 1.67. The summed E-state index contributed by atoms with van der Waals surface area (Å²) in [7, 11) is 0. The van der Waals surface area contributed by atoms with Gasteiger partial charge in [0.1, 0.15) is 0 Å². The molecule has 0 aromatic carbocycles. The van der Waals surface area contributed by atoms with Crippen LogP contribution >= 0.6 is 0 Å². The molecule has 3 saturated heterocycles. The minimum Gasteiger partial charge on any atom is -0.315 e. The molecular formula is C7H14N2. The van der Waals surface area contributed by atoms with Gasteiger partial charge in [0.25, 0.3) is 0 Å². The second-order valence-electron chi connectivity index (χ2n) is 3.14. The van der Waals surface area contributed by atoms with E-state index in [2.05, 4.69) is 10.6 Å². The molecular weight excluding hydrogens is 112 g/mol. The Kier molecular flexibility index (Phi) is 1.44. The lowest BCUT2D eigenvalue weighted by Gasteiger charge is -2.39. The van der Waals surface area contributed by atoms with Gasteiger partial charge in [0, 0.05) is 18.6 Å². The third kappa shape index (κ3) is 1.10. The molecule has 2 nitrogen and oxygen atoms in total. The third-order valence-corrected chi connectivity index (χ3v) is 2.34. The first-order valence-electron chi connectivity index (χ1n) is 3.92. The molecule has 0 amide bonds. The Morgan fingerprint density at radius 1 is 1.22 bits per heavy atom. The van der Waals surface area contributed by atoms with Crippen LogP contribution in [0, 0.1) is 0 Å². The van der Waals surface area contributed by atoms with Crippen LogP contribution in [0.4, 0.5) is 0 Å². The molecule has 0 radical (unpaired) electrons. The lowest BCUT2D eigenvalue weighted by Crippen LogP contribution is -2.58. The molecule has 2 atom stereocenters. The molecule has 0 aliphatic carbocycles. The van der Waals surface area contributed by atoms with Gasteiger partial charge < -0.3 is 10.6 Å². The summed E-state index contributed by atoms with van der Waals surface area (Å²) in [5, 5.41) is 6.93. The molecule has 2 N–H and O–H groups in total. The van der Waals surface area contributed by atoms with Gasteiger partial charge in [-0.15, -0.1) is 0 Å². The zero-order valence-corrected chi connectivity index (χ0v) is 5.69. The number of hydrogen-bond donors (Lipinski definition) is 2. The summed E-state index contributed by atoms with van der Waals surface area (Å²) in [4.78, 5) is 0. The molecule has 3 heterocycles. The lowest BCUT2D eigenvalue weighted by atomic mass is 9.91. The van der Waals surface area contributed by atoms with E-state index in [1.54, 1.807) is 0 Å². The molecule has 3 aliphatic rings. The van der Waals surface area contributed by atoms with E-state index in [0.29, 0.717) is 0 Å². The van der Waals surface area contributed by atoms with Gasteiger partial charge in [0.2, 0.25) is 0 Å². The highest BCUT2D eigenvalue weighted by Crippen LogP contribution is 2.17. The van der Waals surface area contributed by atoms with Crippen LogP contribution < -0.4 is 10.6 Å². The second-order valence-corrected chi connectivity index (χ2v) is 3.14. The molecule has 0 saturated carbocycles. The van der Waals surface area contributed by atoms with Crippen molar-refractivity contribution in [2.45, 2.75) is 31.3 Å². The average Bonchev–Trinajstić information content (AvgIpc) is 1.54. The molecule has 2 bridgehead atoms. The van der Waals surface area contributed by atoms with Crippen LogP contribution in [0.25, 0.3) is 0 Å². The second kappa shape index (κ2) is 2.27. The molecule has 9 heavy (non-hydrogen) atoms. The summed E-state index contributed by atoms with van der Waals surface area (Å²) >= 11 is 0. The maximum Gasteiger partial charge on any atom is 0.0209 e. The van der Waals surface area contributed by atoms with Gasteiger partial charge in [-0.3, -0.25) is 0 Å². The highest BCUT2D eigenvalue weighted by molar-refractivity contribution is 4.91. The monoisotopic (exact) mass is 126 g/mol. The summed E-state index contributed by atoms with van der Waals surface area (Å²) < 4.78 is 0. The molecule has 3 aliphatic heterocycles. The van der Waals surface area contributed by atoms with Crippen molar-refractivity contribution in [1.82, 2.24) is 10.6 Å². The SMILES string of the molecule is C1CNCC2CC(C1)N2. The Hall–Kier alpha value is -0.0800. The fourth-order valence-corrected chi connectivity index (χ4v) is 1.75. The van der Waals surface area contributed by atoms with E-state index >= 15 is 0 Å². The zero-order valence-electron chi connectivity index (χ0n) is 5.69. The average molecular weight is 126 g/mol. The fourth-order valence-electron chi connectivity index (χ4n) is 1.75. The highest BCUT2D eigenvalue weighted by atomic mass is 15.1. The number of rotatable bonds is 0. The van der Waals surface area contributed by atoms with Gasteiger partial charge >= 0.3 is 0 Å². The van der Waals surface area contributed by atoms with Gasteiger partial charge in [-0.05, 0) is 25.8 Å². The molecule has 2 heteroatoms. The minimum atomic E-state index is 0.801. The number of fused-ring (bicyclic) bond motifs is 4. The van der Waals surface area contributed by atoms with Gasteiger partial charge in [-0.1, -0.05) is 0 Å². The third-order valence-electron chi connectivity index (χ3n) is 2.34. The van der Waals surface area contributed by atoms with Crippen LogP contribution in [0.2, 0.25) is 0 Å². The summed E-state index contributed by atoms with van der Waals surface area (Å²) in [6.07, 6.45) is 4.14. The Morgan fingerprint density at radius 2 is 2.11 bits per heavy atom. The molecule has 3 rings (SSSR count). The lowest BCUT2D eigenvalue weighted by molar-refractivity contribution is 0.223. The molecule has 0 aromatic rings. The fraction of sp³-hybridized carbons (Fsp3) is 1.00. The van der Waals surface area contributed by atoms with Gasteiger partial charge in [0.05, 0.1) is 0 Å². The topological polar surface area (TPSA) is 24.1 Å². The van der Waals surface area contributed by atoms with Crippen molar-refractivity contribution in [2.24, 2.45) is 0 Å². The van der Waals surface area contributed by atoms with Crippen molar-refractivity contribution in [1.29, 1.82) is 0 Å². The first-order chi connectivity index (χ1) is 4.45.